The number of alkyl halides is 3. The Balaban J connectivity index is 0.00000217. The summed E-state index contributed by atoms with van der Waals surface area (Å²) in [5, 5.41) is 0. The van der Waals surface area contributed by atoms with Crippen molar-refractivity contribution in [2.24, 2.45) is 0 Å². The van der Waals surface area contributed by atoms with Crippen LogP contribution >= 0.6 is 0 Å². The molecule has 1 heterocycles. The number of hydrogen-bond acceptors (Lipinski definition) is 6. The van der Waals surface area contributed by atoms with E-state index in [9.17, 15) is 26.4 Å². The molecule has 1 N–H and O–H groups in total. The zero-order valence-electron chi connectivity index (χ0n) is 22.1. The van der Waals surface area contributed by atoms with Gasteiger partial charge in [0.2, 0.25) is 0 Å². The topological polar surface area (TPSA) is 82.7 Å². The smallest absolute Gasteiger partial charge is 0.415 e. The third-order valence-electron chi connectivity index (χ3n) is 4.79. The summed E-state index contributed by atoms with van der Waals surface area (Å²) in [6, 6.07) is 9.33. The Kier molecular flexibility index (Phi) is 12.1. The molecule has 2 aromatic rings. The summed E-state index contributed by atoms with van der Waals surface area (Å²) in [4.78, 5) is 18.5. The molecule has 0 aliphatic heterocycles. The Hall–Kier alpha value is -3.05. The van der Waals surface area contributed by atoms with Crippen LogP contribution in [0.3, 0.4) is 0 Å². The number of halogens is 3. The van der Waals surface area contributed by atoms with E-state index in [1.165, 1.54) is 30.5 Å². The van der Waals surface area contributed by atoms with Crippen LogP contribution in [0.1, 0.15) is 26.0 Å². The highest BCUT2D eigenvalue weighted by Crippen LogP contribution is 2.30. The molecule has 2 rings (SSSR count). The van der Waals surface area contributed by atoms with Gasteiger partial charge in [-0.15, -0.1) is 0 Å². The van der Waals surface area contributed by atoms with Crippen molar-refractivity contribution in [2.75, 3.05) is 47.1 Å². The number of sulfone groups is 1. The fourth-order valence-corrected chi connectivity index (χ4v) is 3.58. The molecule has 7 nitrogen and oxygen atoms in total. The summed E-state index contributed by atoms with van der Waals surface area (Å²) < 4.78 is 68.4. The summed E-state index contributed by atoms with van der Waals surface area (Å²) >= 11 is 0. The van der Waals surface area contributed by atoms with E-state index in [0.29, 0.717) is 17.8 Å². The highest BCUT2D eigenvalue weighted by Gasteiger charge is 2.31. The van der Waals surface area contributed by atoms with Crippen LogP contribution in [0.4, 0.5) is 13.2 Å². The van der Waals surface area contributed by atoms with Crippen LogP contribution < -0.4 is 0 Å². The monoisotopic (exact) mass is 543 g/mol. The Labute approximate surface area is 217 Å². The quantitative estimate of drug-likeness (QED) is 0.336. The van der Waals surface area contributed by atoms with E-state index in [1.807, 2.05) is 19.0 Å². The van der Waals surface area contributed by atoms with E-state index in [4.69, 9.17) is 4.74 Å². The maximum absolute atomic E-state index is 13.2. The van der Waals surface area contributed by atoms with Crippen LogP contribution in [0.5, 0.6) is 0 Å². The van der Waals surface area contributed by atoms with Crippen LogP contribution in [-0.4, -0.2) is 82.4 Å². The molecule has 0 saturated heterocycles. The molecular formula is C26H36F3N3O4S. The Morgan fingerprint density at radius 3 is 2.30 bits per heavy atom. The minimum absolute atomic E-state index is 0.0670. The van der Waals surface area contributed by atoms with Crippen LogP contribution in [0, 0.1) is 0 Å². The number of nitrogens with zero attached hydrogens (tertiary/aromatic N) is 2. The lowest BCUT2D eigenvalue weighted by atomic mass is 10.2. The second kappa shape index (κ2) is 14.0. The van der Waals surface area contributed by atoms with E-state index < -0.39 is 27.6 Å². The molecule has 0 fully saturated rings. The molecule has 0 bridgehead atoms. The van der Waals surface area contributed by atoms with Gasteiger partial charge in [0.05, 0.1) is 21.9 Å². The number of aromatic nitrogens is 1. The van der Waals surface area contributed by atoms with Gasteiger partial charge < -0.3 is 19.5 Å². The van der Waals surface area contributed by atoms with Crippen molar-refractivity contribution in [2.45, 2.75) is 31.3 Å². The van der Waals surface area contributed by atoms with Gasteiger partial charge in [0.1, 0.15) is 13.2 Å². The Bertz CT molecular complexity index is 1190. The number of H-pyrrole nitrogens is 1. The number of ether oxygens (including phenoxy) is 1. The fraction of sp³-hybridized carbons (Fsp3) is 0.423. The van der Waals surface area contributed by atoms with Gasteiger partial charge in [0, 0.05) is 25.5 Å². The van der Waals surface area contributed by atoms with E-state index in [0.717, 1.165) is 12.3 Å². The molecule has 206 valence electrons. The van der Waals surface area contributed by atoms with Gasteiger partial charge in [-0.05, 0) is 50.0 Å². The molecule has 0 saturated carbocycles. The third kappa shape index (κ3) is 10.8. The number of carbonyl (C=O) groups excluding carboxylic acids is 1. The van der Waals surface area contributed by atoms with Gasteiger partial charge in [-0.25, -0.2) is 8.42 Å². The normalized spacial score (nSPS) is 12.1. The first-order valence-corrected chi connectivity index (χ1v) is 13.5. The van der Waals surface area contributed by atoms with E-state index in [2.05, 4.69) is 25.4 Å². The Morgan fingerprint density at radius 1 is 1.14 bits per heavy atom. The number of aromatic amines is 1. The molecule has 0 aliphatic rings. The van der Waals surface area contributed by atoms with Crippen molar-refractivity contribution in [3.63, 3.8) is 0 Å². The number of likely N-dealkylation sites (N-methyl/N-ethyl adjacent to an activating group) is 2. The van der Waals surface area contributed by atoms with Crippen molar-refractivity contribution in [3.8, 4) is 11.3 Å². The maximum Gasteiger partial charge on any atom is 0.415 e. The maximum atomic E-state index is 13.2. The molecule has 1 aromatic carbocycles. The van der Waals surface area contributed by atoms with Gasteiger partial charge in [-0.2, -0.15) is 13.2 Å². The molecule has 37 heavy (non-hydrogen) atoms. The van der Waals surface area contributed by atoms with Crippen LogP contribution in [-0.2, 0) is 19.4 Å². The predicted molar refractivity (Wildman–Crippen MR) is 141 cm³/mol. The average molecular weight is 544 g/mol. The van der Waals surface area contributed by atoms with Crippen molar-refractivity contribution in [3.05, 3.63) is 60.3 Å². The third-order valence-corrected chi connectivity index (χ3v) is 5.90. The largest absolute Gasteiger partial charge is 0.463 e. The Morgan fingerprint density at radius 2 is 1.76 bits per heavy atom. The second-order valence-electron chi connectivity index (χ2n) is 8.73. The number of benzene rings is 1. The standard InChI is InChI=1S/C23H28F3N3O4S.C3H8/c1-16(23(24,25)26)13-21(29(4)15-22(30)33-12-11-28(2)3)20-10-9-19(27-20)17-7-6-8-18(14-17)34(5,31)32;1-3-2/h6-10,13-14,27H,1,11-12,15H2,2-5H3;3H2,1-2H3/b21-13-;. The lowest BCUT2D eigenvalue weighted by Gasteiger charge is -2.22. The molecule has 0 aliphatic carbocycles. The number of allylic oxidation sites excluding steroid dienone is 2. The zero-order chi connectivity index (χ0) is 28.4. The first-order valence-electron chi connectivity index (χ1n) is 11.6. The number of esters is 1. The summed E-state index contributed by atoms with van der Waals surface area (Å²) in [6.45, 7) is 7.72. The molecular weight excluding hydrogens is 507 g/mol. The zero-order valence-corrected chi connectivity index (χ0v) is 23.0. The van der Waals surface area contributed by atoms with Crippen molar-refractivity contribution in [1.82, 2.24) is 14.8 Å². The molecule has 0 amide bonds. The highest BCUT2D eigenvalue weighted by molar-refractivity contribution is 7.90. The molecule has 0 spiro atoms. The minimum atomic E-state index is -4.66. The summed E-state index contributed by atoms with van der Waals surface area (Å²) in [7, 11) is 1.66. The first-order chi connectivity index (χ1) is 17.1. The number of hydrogen-bond donors (Lipinski definition) is 1. The van der Waals surface area contributed by atoms with Gasteiger partial charge in [0.15, 0.2) is 9.84 Å². The molecule has 0 radical (unpaired) electrons. The molecule has 11 heteroatoms. The molecule has 0 unspecified atom stereocenters. The number of nitrogens with one attached hydrogen (secondary N) is 1. The summed E-state index contributed by atoms with van der Waals surface area (Å²) in [5.74, 6) is -0.597. The van der Waals surface area contributed by atoms with Gasteiger partial charge in [-0.3, -0.25) is 4.79 Å². The summed E-state index contributed by atoms with van der Waals surface area (Å²) in [6.07, 6.45) is -1.48. The lowest BCUT2D eigenvalue weighted by molar-refractivity contribution is -0.144. The fourth-order valence-electron chi connectivity index (χ4n) is 2.91. The predicted octanol–water partition coefficient (Wildman–Crippen LogP) is 5.00. The average Bonchev–Trinajstić information content (AvgIpc) is 3.26. The first kappa shape index (κ1) is 32.0. The summed E-state index contributed by atoms with van der Waals surface area (Å²) in [5.41, 5.74) is 0.289. The van der Waals surface area contributed by atoms with E-state index in [1.54, 1.807) is 24.3 Å². The van der Waals surface area contributed by atoms with Crippen LogP contribution in [0.25, 0.3) is 17.0 Å². The number of rotatable bonds is 10. The van der Waals surface area contributed by atoms with E-state index >= 15 is 0 Å². The van der Waals surface area contributed by atoms with Crippen molar-refractivity contribution < 1.29 is 31.1 Å². The SMILES string of the molecule is C=C(/C=C(/c1ccc(-c2cccc(S(C)(=O)=O)c2)[nH]1)N(C)CC(=O)OCCN(C)C)C(F)(F)F.CCC. The van der Waals surface area contributed by atoms with Gasteiger partial charge in [-0.1, -0.05) is 39.0 Å². The molecule has 1 aromatic heterocycles. The highest BCUT2D eigenvalue weighted by atomic mass is 32.2. The van der Waals surface area contributed by atoms with Crippen molar-refractivity contribution in [1.29, 1.82) is 0 Å². The second-order valence-corrected chi connectivity index (χ2v) is 10.7. The lowest BCUT2D eigenvalue weighted by Crippen LogP contribution is -2.29. The minimum Gasteiger partial charge on any atom is -0.463 e. The van der Waals surface area contributed by atoms with E-state index in [-0.39, 0.29) is 29.4 Å². The van der Waals surface area contributed by atoms with Crippen LogP contribution in [0.2, 0.25) is 0 Å². The number of carbonyl (C=O) groups is 1. The van der Waals surface area contributed by atoms with Gasteiger partial charge in [0.25, 0.3) is 0 Å². The van der Waals surface area contributed by atoms with Crippen LogP contribution in [0.15, 0.2) is 59.5 Å². The van der Waals surface area contributed by atoms with Gasteiger partial charge >= 0.3 is 12.1 Å². The molecule has 0 atom stereocenters. The van der Waals surface area contributed by atoms with Crippen molar-refractivity contribution >= 4 is 21.5 Å².